The molecular formula is C8H13ClO. The van der Waals surface area contributed by atoms with Gasteiger partial charge in [-0.2, -0.15) is 0 Å². The lowest BCUT2D eigenvalue weighted by molar-refractivity contribution is 0.0377. The van der Waals surface area contributed by atoms with Gasteiger partial charge in [0.25, 0.3) is 0 Å². The molecule has 1 nitrogen and oxygen atoms in total. The summed E-state index contributed by atoms with van der Waals surface area (Å²) in [6.45, 7) is 1.95. The van der Waals surface area contributed by atoms with Crippen LogP contribution in [0, 0.1) is 11.3 Å². The summed E-state index contributed by atoms with van der Waals surface area (Å²) in [7, 11) is 0. The Hall–Kier alpha value is 0.250. The summed E-state index contributed by atoms with van der Waals surface area (Å²) in [5.41, 5.74) is 0.542. The first kappa shape index (κ1) is 6.93. The van der Waals surface area contributed by atoms with Crippen LogP contribution in [0.4, 0.5) is 0 Å². The SMILES string of the molecule is ClCC1CC12CCCOC2. The molecule has 10 heavy (non-hydrogen) atoms. The van der Waals surface area contributed by atoms with Gasteiger partial charge in [0.2, 0.25) is 0 Å². The Labute approximate surface area is 66.7 Å². The van der Waals surface area contributed by atoms with Crippen molar-refractivity contribution in [1.82, 2.24) is 0 Å². The maximum Gasteiger partial charge on any atom is 0.0525 e. The lowest BCUT2D eigenvalue weighted by Crippen LogP contribution is -2.20. The molecule has 0 aromatic rings. The van der Waals surface area contributed by atoms with Gasteiger partial charge >= 0.3 is 0 Å². The van der Waals surface area contributed by atoms with Crippen LogP contribution < -0.4 is 0 Å². The first-order chi connectivity index (χ1) is 4.87. The second kappa shape index (κ2) is 2.38. The van der Waals surface area contributed by atoms with E-state index in [2.05, 4.69) is 0 Å². The number of rotatable bonds is 1. The molecule has 58 valence electrons. The van der Waals surface area contributed by atoms with E-state index in [1.54, 1.807) is 0 Å². The Morgan fingerprint density at radius 2 is 2.50 bits per heavy atom. The zero-order valence-corrected chi connectivity index (χ0v) is 6.86. The van der Waals surface area contributed by atoms with Crippen LogP contribution in [0.5, 0.6) is 0 Å². The highest BCUT2D eigenvalue weighted by Gasteiger charge is 2.53. The van der Waals surface area contributed by atoms with Crippen LogP contribution in [-0.2, 0) is 4.74 Å². The first-order valence-corrected chi connectivity index (χ1v) is 4.54. The van der Waals surface area contributed by atoms with Crippen LogP contribution in [0.25, 0.3) is 0 Å². The van der Waals surface area contributed by atoms with Crippen molar-refractivity contribution in [2.24, 2.45) is 11.3 Å². The van der Waals surface area contributed by atoms with Gasteiger partial charge in [-0.3, -0.25) is 0 Å². The molecule has 2 rings (SSSR count). The zero-order valence-electron chi connectivity index (χ0n) is 6.11. The van der Waals surface area contributed by atoms with E-state index in [1.807, 2.05) is 0 Å². The fraction of sp³-hybridized carbons (Fsp3) is 1.00. The summed E-state index contributed by atoms with van der Waals surface area (Å²) < 4.78 is 5.42. The van der Waals surface area contributed by atoms with E-state index in [-0.39, 0.29) is 0 Å². The van der Waals surface area contributed by atoms with Crippen molar-refractivity contribution in [3.63, 3.8) is 0 Å². The van der Waals surface area contributed by atoms with E-state index in [0.29, 0.717) is 5.41 Å². The molecular weight excluding hydrogens is 148 g/mol. The minimum absolute atomic E-state index is 0.542. The van der Waals surface area contributed by atoms with Crippen molar-refractivity contribution in [3.05, 3.63) is 0 Å². The van der Waals surface area contributed by atoms with E-state index in [9.17, 15) is 0 Å². The molecule has 1 spiro atoms. The zero-order chi connectivity index (χ0) is 7.03. The number of hydrogen-bond donors (Lipinski definition) is 0. The third kappa shape index (κ3) is 0.960. The average Bonchev–Trinajstić information content (AvgIpc) is 2.65. The maximum atomic E-state index is 5.77. The van der Waals surface area contributed by atoms with Gasteiger partial charge < -0.3 is 4.74 Å². The highest BCUT2D eigenvalue weighted by Crippen LogP contribution is 2.57. The van der Waals surface area contributed by atoms with Crippen LogP contribution in [0.2, 0.25) is 0 Å². The summed E-state index contributed by atoms with van der Waals surface area (Å²) in [4.78, 5) is 0. The lowest BCUT2D eigenvalue weighted by Gasteiger charge is -2.22. The Kier molecular flexibility index (Phi) is 1.65. The summed E-state index contributed by atoms with van der Waals surface area (Å²) in [6.07, 6.45) is 3.91. The van der Waals surface area contributed by atoms with Crippen LogP contribution >= 0.6 is 11.6 Å². The minimum atomic E-state index is 0.542. The molecule has 0 radical (unpaired) electrons. The molecule has 1 saturated carbocycles. The molecule has 2 fully saturated rings. The number of hydrogen-bond acceptors (Lipinski definition) is 1. The van der Waals surface area contributed by atoms with Crippen molar-refractivity contribution in [2.75, 3.05) is 19.1 Å². The van der Waals surface area contributed by atoms with Gasteiger partial charge in [0, 0.05) is 12.5 Å². The molecule has 0 aromatic carbocycles. The summed E-state index contributed by atoms with van der Waals surface area (Å²) >= 11 is 5.77. The molecule has 2 unspecified atom stereocenters. The summed E-state index contributed by atoms with van der Waals surface area (Å²) in [5.74, 6) is 1.61. The molecule has 0 bridgehead atoms. The molecule has 2 heteroatoms. The van der Waals surface area contributed by atoms with Crippen molar-refractivity contribution in [2.45, 2.75) is 19.3 Å². The predicted octanol–water partition coefficient (Wildman–Crippen LogP) is 2.04. The third-order valence-electron chi connectivity index (χ3n) is 2.90. The standard InChI is InChI=1S/C8H13ClO/c9-5-7-4-8(7)2-1-3-10-6-8/h7H,1-6H2. The number of alkyl halides is 1. The van der Waals surface area contributed by atoms with Gasteiger partial charge in [0.15, 0.2) is 0 Å². The Morgan fingerprint density at radius 1 is 1.60 bits per heavy atom. The Balaban J connectivity index is 1.92. The quantitative estimate of drug-likeness (QED) is 0.534. The number of halogens is 1. The van der Waals surface area contributed by atoms with Crippen LogP contribution in [0.3, 0.4) is 0 Å². The molecule has 0 aromatic heterocycles. The molecule has 0 amide bonds. The highest BCUT2D eigenvalue weighted by molar-refractivity contribution is 6.18. The monoisotopic (exact) mass is 160 g/mol. The van der Waals surface area contributed by atoms with E-state index in [1.165, 1.54) is 19.3 Å². The van der Waals surface area contributed by atoms with Crippen LogP contribution in [0.15, 0.2) is 0 Å². The summed E-state index contributed by atoms with van der Waals surface area (Å²) in [6, 6.07) is 0. The third-order valence-corrected chi connectivity index (χ3v) is 3.27. The van der Waals surface area contributed by atoms with Gasteiger partial charge in [-0.25, -0.2) is 0 Å². The molecule has 1 aliphatic carbocycles. The maximum absolute atomic E-state index is 5.77. The smallest absolute Gasteiger partial charge is 0.0525 e. The van der Waals surface area contributed by atoms with Crippen LogP contribution in [-0.4, -0.2) is 19.1 Å². The molecule has 0 N–H and O–H groups in total. The molecule has 1 heterocycles. The van der Waals surface area contributed by atoms with Crippen molar-refractivity contribution >= 4 is 11.6 Å². The van der Waals surface area contributed by atoms with Gasteiger partial charge in [-0.05, 0) is 30.6 Å². The molecule has 1 aliphatic heterocycles. The van der Waals surface area contributed by atoms with Gasteiger partial charge in [0.05, 0.1) is 6.61 Å². The van der Waals surface area contributed by atoms with E-state index in [0.717, 1.165) is 25.0 Å². The predicted molar refractivity (Wildman–Crippen MR) is 41.3 cm³/mol. The first-order valence-electron chi connectivity index (χ1n) is 4.01. The summed E-state index contributed by atoms with van der Waals surface area (Å²) in [5, 5.41) is 0. The van der Waals surface area contributed by atoms with Crippen molar-refractivity contribution < 1.29 is 4.74 Å². The molecule has 1 saturated heterocycles. The van der Waals surface area contributed by atoms with E-state index >= 15 is 0 Å². The highest BCUT2D eigenvalue weighted by atomic mass is 35.5. The van der Waals surface area contributed by atoms with Gasteiger partial charge in [-0.15, -0.1) is 11.6 Å². The van der Waals surface area contributed by atoms with Crippen LogP contribution in [0.1, 0.15) is 19.3 Å². The van der Waals surface area contributed by atoms with Gasteiger partial charge in [0.1, 0.15) is 0 Å². The largest absolute Gasteiger partial charge is 0.381 e. The lowest BCUT2D eigenvalue weighted by atomic mass is 9.97. The fourth-order valence-electron chi connectivity index (χ4n) is 2.01. The second-order valence-corrected chi connectivity index (χ2v) is 3.88. The topological polar surface area (TPSA) is 9.23 Å². The number of ether oxygens (including phenoxy) is 1. The second-order valence-electron chi connectivity index (χ2n) is 3.57. The Bertz CT molecular complexity index is 129. The molecule has 2 aliphatic rings. The fourth-order valence-corrected chi connectivity index (χ4v) is 2.44. The van der Waals surface area contributed by atoms with Gasteiger partial charge in [-0.1, -0.05) is 0 Å². The Morgan fingerprint density at radius 3 is 3.00 bits per heavy atom. The normalized spacial score (nSPS) is 45.9. The minimum Gasteiger partial charge on any atom is -0.381 e. The molecule has 2 atom stereocenters. The van der Waals surface area contributed by atoms with E-state index < -0.39 is 0 Å². The van der Waals surface area contributed by atoms with Crippen molar-refractivity contribution in [3.8, 4) is 0 Å². The van der Waals surface area contributed by atoms with E-state index in [4.69, 9.17) is 16.3 Å². The van der Waals surface area contributed by atoms with Crippen molar-refractivity contribution in [1.29, 1.82) is 0 Å². The average molecular weight is 161 g/mol.